The van der Waals surface area contributed by atoms with Crippen LogP contribution < -0.4 is 10.6 Å². The molecular formula is C14H20F2N2O. The van der Waals surface area contributed by atoms with Gasteiger partial charge in [0.25, 0.3) is 0 Å². The minimum atomic E-state index is -0.593. The van der Waals surface area contributed by atoms with Crippen LogP contribution in [0.1, 0.15) is 38.3 Å². The standard InChI is InChI=1S/C14H20F2N2O/c1-3-5-18-14(19)4-6-17-10(2)11-7-12(15)9-13(16)8-11/h7-10,17H,3-6H2,1-2H3,(H,18,19). The van der Waals surface area contributed by atoms with E-state index in [9.17, 15) is 13.6 Å². The van der Waals surface area contributed by atoms with Crippen molar-refractivity contribution in [2.24, 2.45) is 0 Å². The molecule has 1 aromatic carbocycles. The Morgan fingerprint density at radius 2 is 1.84 bits per heavy atom. The lowest BCUT2D eigenvalue weighted by Crippen LogP contribution is -2.29. The molecule has 0 spiro atoms. The van der Waals surface area contributed by atoms with Gasteiger partial charge in [0, 0.05) is 31.6 Å². The van der Waals surface area contributed by atoms with E-state index in [4.69, 9.17) is 0 Å². The average Bonchev–Trinajstić information content (AvgIpc) is 2.35. The maximum absolute atomic E-state index is 13.0. The zero-order chi connectivity index (χ0) is 14.3. The van der Waals surface area contributed by atoms with Gasteiger partial charge in [0.1, 0.15) is 11.6 Å². The van der Waals surface area contributed by atoms with Crippen LogP contribution in [0.15, 0.2) is 18.2 Å². The summed E-state index contributed by atoms with van der Waals surface area (Å²) in [5.41, 5.74) is 0.534. The lowest BCUT2D eigenvalue weighted by Gasteiger charge is -2.14. The fourth-order valence-electron chi connectivity index (χ4n) is 1.70. The average molecular weight is 270 g/mol. The van der Waals surface area contributed by atoms with Crippen LogP contribution in [0, 0.1) is 11.6 Å². The number of carbonyl (C=O) groups excluding carboxylic acids is 1. The molecule has 0 aliphatic carbocycles. The van der Waals surface area contributed by atoms with Gasteiger partial charge in [-0.3, -0.25) is 4.79 Å². The summed E-state index contributed by atoms with van der Waals surface area (Å²) in [5, 5.41) is 5.83. The van der Waals surface area contributed by atoms with Gasteiger partial charge in [-0.1, -0.05) is 6.92 Å². The van der Waals surface area contributed by atoms with Crippen molar-refractivity contribution in [3.05, 3.63) is 35.4 Å². The Balaban J connectivity index is 2.38. The van der Waals surface area contributed by atoms with Crippen molar-refractivity contribution < 1.29 is 13.6 Å². The molecule has 0 aliphatic heterocycles. The van der Waals surface area contributed by atoms with Gasteiger partial charge in [0.05, 0.1) is 0 Å². The summed E-state index contributed by atoms with van der Waals surface area (Å²) in [5.74, 6) is -1.21. The van der Waals surface area contributed by atoms with Crippen molar-refractivity contribution in [2.45, 2.75) is 32.7 Å². The van der Waals surface area contributed by atoms with Crippen molar-refractivity contribution in [1.82, 2.24) is 10.6 Å². The summed E-state index contributed by atoms with van der Waals surface area (Å²) >= 11 is 0. The van der Waals surface area contributed by atoms with Crippen molar-refractivity contribution in [3.63, 3.8) is 0 Å². The van der Waals surface area contributed by atoms with Crippen LogP contribution in [0.25, 0.3) is 0 Å². The van der Waals surface area contributed by atoms with Crippen LogP contribution in [0.5, 0.6) is 0 Å². The fraction of sp³-hybridized carbons (Fsp3) is 0.500. The number of halogens is 2. The molecular weight excluding hydrogens is 250 g/mol. The topological polar surface area (TPSA) is 41.1 Å². The highest BCUT2D eigenvalue weighted by atomic mass is 19.1. The molecule has 0 heterocycles. The summed E-state index contributed by atoms with van der Waals surface area (Å²) in [4.78, 5) is 11.4. The molecule has 0 fully saturated rings. The first-order valence-electron chi connectivity index (χ1n) is 6.49. The van der Waals surface area contributed by atoms with E-state index in [-0.39, 0.29) is 11.9 Å². The minimum absolute atomic E-state index is 0.0213. The van der Waals surface area contributed by atoms with Crippen molar-refractivity contribution in [1.29, 1.82) is 0 Å². The van der Waals surface area contributed by atoms with Gasteiger partial charge in [-0.05, 0) is 31.0 Å². The zero-order valence-electron chi connectivity index (χ0n) is 11.3. The van der Waals surface area contributed by atoms with Crippen LogP contribution in [0.3, 0.4) is 0 Å². The van der Waals surface area contributed by atoms with Gasteiger partial charge in [-0.2, -0.15) is 0 Å². The normalized spacial score (nSPS) is 12.2. The maximum Gasteiger partial charge on any atom is 0.221 e. The first-order chi connectivity index (χ1) is 9.02. The molecule has 1 rings (SSSR count). The lowest BCUT2D eigenvalue weighted by molar-refractivity contribution is -0.121. The smallest absolute Gasteiger partial charge is 0.221 e. The van der Waals surface area contributed by atoms with Crippen LogP contribution in [0.2, 0.25) is 0 Å². The summed E-state index contributed by atoms with van der Waals surface area (Å²) in [6, 6.07) is 3.22. The summed E-state index contributed by atoms with van der Waals surface area (Å²) < 4.78 is 26.1. The predicted molar refractivity (Wildman–Crippen MR) is 70.7 cm³/mol. The van der Waals surface area contributed by atoms with Gasteiger partial charge in [-0.25, -0.2) is 8.78 Å². The maximum atomic E-state index is 13.0. The molecule has 0 bridgehead atoms. The van der Waals surface area contributed by atoms with E-state index in [0.29, 0.717) is 25.1 Å². The Kier molecular flexibility index (Phi) is 6.42. The molecule has 3 nitrogen and oxygen atoms in total. The van der Waals surface area contributed by atoms with E-state index in [1.807, 2.05) is 6.92 Å². The van der Waals surface area contributed by atoms with Gasteiger partial charge in [-0.15, -0.1) is 0 Å². The number of benzene rings is 1. The molecule has 5 heteroatoms. The van der Waals surface area contributed by atoms with Crippen LogP contribution in [-0.2, 0) is 4.79 Å². The van der Waals surface area contributed by atoms with E-state index in [2.05, 4.69) is 10.6 Å². The first-order valence-corrected chi connectivity index (χ1v) is 6.49. The number of amides is 1. The predicted octanol–water partition coefficient (Wildman–Crippen LogP) is 2.53. The van der Waals surface area contributed by atoms with E-state index < -0.39 is 11.6 Å². The molecule has 2 N–H and O–H groups in total. The second-order valence-electron chi connectivity index (χ2n) is 4.48. The second-order valence-corrected chi connectivity index (χ2v) is 4.48. The van der Waals surface area contributed by atoms with Crippen LogP contribution in [-0.4, -0.2) is 19.0 Å². The van der Waals surface area contributed by atoms with E-state index in [0.717, 1.165) is 12.5 Å². The summed E-state index contributed by atoms with van der Waals surface area (Å²) in [6.45, 7) is 4.93. The Labute approximate surface area is 112 Å². The van der Waals surface area contributed by atoms with Gasteiger partial charge < -0.3 is 10.6 Å². The van der Waals surface area contributed by atoms with Gasteiger partial charge in [0.2, 0.25) is 5.91 Å². The molecule has 1 unspecified atom stereocenters. The highest BCUT2D eigenvalue weighted by Gasteiger charge is 2.09. The lowest BCUT2D eigenvalue weighted by atomic mass is 10.1. The molecule has 0 aromatic heterocycles. The number of carbonyl (C=O) groups is 1. The van der Waals surface area contributed by atoms with Crippen molar-refractivity contribution >= 4 is 5.91 Å². The number of hydrogen-bond donors (Lipinski definition) is 2. The summed E-state index contributed by atoms with van der Waals surface area (Å²) in [7, 11) is 0. The van der Waals surface area contributed by atoms with Crippen molar-refractivity contribution in [2.75, 3.05) is 13.1 Å². The molecule has 106 valence electrons. The SMILES string of the molecule is CCCNC(=O)CCNC(C)c1cc(F)cc(F)c1. The van der Waals surface area contributed by atoms with E-state index in [1.54, 1.807) is 6.92 Å². The molecule has 1 amide bonds. The van der Waals surface area contributed by atoms with E-state index in [1.165, 1.54) is 12.1 Å². The van der Waals surface area contributed by atoms with Crippen LogP contribution >= 0.6 is 0 Å². The molecule has 0 aliphatic rings. The fourth-order valence-corrected chi connectivity index (χ4v) is 1.70. The van der Waals surface area contributed by atoms with Gasteiger partial charge in [0.15, 0.2) is 0 Å². The third-order valence-corrected chi connectivity index (χ3v) is 2.76. The number of hydrogen-bond acceptors (Lipinski definition) is 2. The molecule has 0 saturated heterocycles. The molecule has 19 heavy (non-hydrogen) atoms. The van der Waals surface area contributed by atoms with E-state index >= 15 is 0 Å². The minimum Gasteiger partial charge on any atom is -0.356 e. The number of nitrogens with one attached hydrogen (secondary N) is 2. The second kappa shape index (κ2) is 7.84. The Bertz CT molecular complexity index is 404. The largest absolute Gasteiger partial charge is 0.356 e. The third-order valence-electron chi connectivity index (χ3n) is 2.76. The zero-order valence-corrected chi connectivity index (χ0v) is 11.3. The van der Waals surface area contributed by atoms with Crippen molar-refractivity contribution in [3.8, 4) is 0 Å². The first kappa shape index (κ1) is 15.6. The Morgan fingerprint density at radius 1 is 1.21 bits per heavy atom. The quantitative estimate of drug-likeness (QED) is 0.799. The molecule has 0 radical (unpaired) electrons. The van der Waals surface area contributed by atoms with Gasteiger partial charge >= 0.3 is 0 Å². The molecule has 1 aromatic rings. The Hall–Kier alpha value is -1.49. The highest BCUT2D eigenvalue weighted by molar-refractivity contribution is 5.75. The monoisotopic (exact) mass is 270 g/mol. The van der Waals surface area contributed by atoms with Crippen LogP contribution in [0.4, 0.5) is 8.78 Å². The number of rotatable bonds is 7. The molecule has 0 saturated carbocycles. The third kappa shape index (κ3) is 5.79. The molecule has 1 atom stereocenters. The highest BCUT2D eigenvalue weighted by Crippen LogP contribution is 2.15. The summed E-state index contributed by atoms with van der Waals surface area (Å²) in [6.07, 6.45) is 1.25. The Morgan fingerprint density at radius 3 is 2.42 bits per heavy atom.